The van der Waals surface area contributed by atoms with Crippen molar-refractivity contribution in [1.82, 2.24) is 10.6 Å². The second-order valence-electron chi connectivity index (χ2n) is 5.31. The van der Waals surface area contributed by atoms with E-state index in [0.717, 1.165) is 0 Å². The third-order valence-electron chi connectivity index (χ3n) is 3.63. The molecule has 0 aromatic heterocycles. The van der Waals surface area contributed by atoms with Gasteiger partial charge in [0.2, 0.25) is 0 Å². The first-order chi connectivity index (χ1) is 11.8. The minimum absolute atomic E-state index is 0.0118. The molecule has 25 heavy (non-hydrogen) atoms. The van der Waals surface area contributed by atoms with Crippen LogP contribution in [0, 0.1) is 0 Å². The Labute approximate surface area is 140 Å². The number of nitrogens with zero attached hydrogens (tertiary/aromatic N) is 1. The van der Waals surface area contributed by atoms with Crippen molar-refractivity contribution in [2.75, 3.05) is 0 Å². The molecule has 0 aliphatic carbocycles. The predicted molar refractivity (Wildman–Crippen MR) is 83.8 cm³/mol. The lowest BCUT2D eigenvalue weighted by atomic mass is 10.1. The molecule has 1 aliphatic heterocycles. The maximum Gasteiger partial charge on any atom is 0.442 e. The highest BCUT2D eigenvalue weighted by Crippen LogP contribution is 2.35. The molecule has 0 fully saturated rings. The van der Waals surface area contributed by atoms with E-state index in [0.29, 0.717) is 5.56 Å². The van der Waals surface area contributed by atoms with Gasteiger partial charge in [0.15, 0.2) is 0 Å². The molecule has 3 rings (SSSR count). The summed E-state index contributed by atoms with van der Waals surface area (Å²) in [6, 6.07) is 15.2. The van der Waals surface area contributed by atoms with Gasteiger partial charge in [0.25, 0.3) is 11.8 Å². The molecule has 0 bridgehead atoms. The van der Waals surface area contributed by atoms with Gasteiger partial charge in [0.05, 0.1) is 0 Å². The van der Waals surface area contributed by atoms with Crippen molar-refractivity contribution in [3.63, 3.8) is 0 Å². The molecule has 2 aromatic carbocycles. The second kappa shape index (κ2) is 6.04. The summed E-state index contributed by atoms with van der Waals surface area (Å²) in [5.41, 5.74) is -3.08. The zero-order valence-electron chi connectivity index (χ0n) is 12.7. The molecule has 8 heteroatoms. The van der Waals surface area contributed by atoms with Crippen LogP contribution in [0.5, 0.6) is 0 Å². The molecule has 2 N–H and O–H groups in total. The van der Waals surface area contributed by atoms with Gasteiger partial charge in [-0.25, -0.2) is 4.99 Å². The van der Waals surface area contributed by atoms with Crippen LogP contribution in [0.25, 0.3) is 0 Å². The number of hydrogen-bond acceptors (Lipinski definition) is 3. The van der Waals surface area contributed by atoms with Crippen molar-refractivity contribution < 1.29 is 22.8 Å². The fourth-order valence-electron chi connectivity index (χ4n) is 2.35. The summed E-state index contributed by atoms with van der Waals surface area (Å²) in [6.07, 6.45) is -5.11. The van der Waals surface area contributed by atoms with E-state index in [2.05, 4.69) is 10.3 Å². The third kappa shape index (κ3) is 2.98. The standard InChI is InChI=1S/C17H12F3N3O2/c18-17(19,20)16(23-14(24)12-9-5-2-6-10-12)15(25)21-13(22-16)11-7-3-1-4-8-11/h1-10H,(H,23,24)(H,21,22,25)/t16-/m1/s1. The number of rotatable bonds is 3. The smallest absolute Gasteiger partial charge is 0.312 e. The number of amides is 2. The largest absolute Gasteiger partial charge is 0.442 e. The Balaban J connectivity index is 2.01. The zero-order chi connectivity index (χ0) is 18.1. The molecule has 1 heterocycles. The number of halogens is 3. The highest BCUT2D eigenvalue weighted by Gasteiger charge is 2.65. The van der Waals surface area contributed by atoms with Crippen molar-refractivity contribution >= 4 is 17.6 Å². The number of carbonyl (C=O) groups excluding carboxylic acids is 2. The molecular weight excluding hydrogens is 335 g/mol. The van der Waals surface area contributed by atoms with E-state index in [4.69, 9.17) is 0 Å². The normalized spacial score (nSPS) is 20.0. The lowest BCUT2D eigenvalue weighted by Gasteiger charge is -2.27. The van der Waals surface area contributed by atoms with Crippen LogP contribution < -0.4 is 10.6 Å². The van der Waals surface area contributed by atoms with Gasteiger partial charge < -0.3 is 10.6 Å². The van der Waals surface area contributed by atoms with Crippen molar-refractivity contribution in [3.8, 4) is 0 Å². The van der Waals surface area contributed by atoms with E-state index in [1.165, 1.54) is 36.4 Å². The Morgan fingerprint density at radius 2 is 1.56 bits per heavy atom. The van der Waals surface area contributed by atoms with Crippen molar-refractivity contribution in [2.45, 2.75) is 11.8 Å². The number of hydrogen-bond donors (Lipinski definition) is 2. The number of alkyl halides is 3. The average Bonchev–Trinajstić information content (AvgIpc) is 2.94. The number of nitrogens with one attached hydrogen (secondary N) is 2. The Morgan fingerprint density at radius 1 is 1.00 bits per heavy atom. The lowest BCUT2D eigenvalue weighted by molar-refractivity contribution is -0.192. The van der Waals surface area contributed by atoms with E-state index in [9.17, 15) is 22.8 Å². The molecule has 1 aliphatic rings. The Hall–Kier alpha value is -3.16. The van der Waals surface area contributed by atoms with Crippen LogP contribution in [0.1, 0.15) is 15.9 Å². The SMILES string of the molecule is O=C(N[C@]1(C(F)(F)F)N=C(c2ccccc2)NC1=O)c1ccccc1. The molecule has 0 unspecified atom stereocenters. The maximum absolute atomic E-state index is 13.6. The predicted octanol–water partition coefficient (Wildman–Crippen LogP) is 2.25. The fraction of sp³-hybridized carbons (Fsp3) is 0.118. The van der Waals surface area contributed by atoms with Gasteiger partial charge in [-0.05, 0) is 12.1 Å². The van der Waals surface area contributed by atoms with Gasteiger partial charge in [0, 0.05) is 11.1 Å². The first-order valence-corrected chi connectivity index (χ1v) is 7.24. The van der Waals surface area contributed by atoms with Gasteiger partial charge >= 0.3 is 11.8 Å². The van der Waals surface area contributed by atoms with E-state index in [1.54, 1.807) is 29.6 Å². The molecule has 128 valence electrons. The molecule has 1 atom stereocenters. The highest BCUT2D eigenvalue weighted by atomic mass is 19.4. The van der Waals surface area contributed by atoms with E-state index >= 15 is 0 Å². The fourth-order valence-corrected chi connectivity index (χ4v) is 2.35. The monoisotopic (exact) mass is 347 g/mol. The Kier molecular flexibility index (Phi) is 4.03. The molecular formula is C17H12F3N3O2. The third-order valence-corrected chi connectivity index (χ3v) is 3.63. The van der Waals surface area contributed by atoms with Gasteiger partial charge in [-0.3, -0.25) is 9.59 Å². The van der Waals surface area contributed by atoms with Crippen LogP contribution >= 0.6 is 0 Å². The summed E-state index contributed by atoms with van der Waals surface area (Å²) in [5.74, 6) is -2.76. The van der Waals surface area contributed by atoms with E-state index < -0.39 is 23.7 Å². The van der Waals surface area contributed by atoms with E-state index in [-0.39, 0.29) is 11.4 Å². The average molecular weight is 347 g/mol. The summed E-state index contributed by atoms with van der Waals surface area (Å²) in [4.78, 5) is 27.8. The van der Waals surface area contributed by atoms with Crippen molar-refractivity contribution in [2.24, 2.45) is 4.99 Å². The van der Waals surface area contributed by atoms with Crippen LogP contribution in [0.3, 0.4) is 0 Å². The lowest BCUT2D eigenvalue weighted by Crippen LogP contribution is -2.63. The maximum atomic E-state index is 13.6. The van der Waals surface area contributed by atoms with Gasteiger partial charge in [0.1, 0.15) is 5.84 Å². The molecule has 2 aromatic rings. The van der Waals surface area contributed by atoms with E-state index in [1.807, 2.05) is 0 Å². The van der Waals surface area contributed by atoms with Crippen LogP contribution in [-0.2, 0) is 4.79 Å². The van der Waals surface area contributed by atoms with Crippen molar-refractivity contribution in [3.05, 3.63) is 71.8 Å². The summed E-state index contributed by atoms with van der Waals surface area (Å²) in [6.45, 7) is 0. The second-order valence-corrected chi connectivity index (χ2v) is 5.31. The Morgan fingerprint density at radius 3 is 2.12 bits per heavy atom. The number of benzene rings is 2. The molecule has 0 spiro atoms. The topological polar surface area (TPSA) is 70.6 Å². The number of aliphatic imine (C=N–C) groups is 1. The van der Waals surface area contributed by atoms with Crippen LogP contribution in [0.2, 0.25) is 0 Å². The van der Waals surface area contributed by atoms with Gasteiger partial charge in [-0.2, -0.15) is 13.2 Å². The minimum Gasteiger partial charge on any atom is -0.312 e. The van der Waals surface area contributed by atoms with Gasteiger partial charge in [-0.15, -0.1) is 0 Å². The highest BCUT2D eigenvalue weighted by molar-refractivity contribution is 6.16. The molecule has 0 radical (unpaired) electrons. The van der Waals surface area contributed by atoms with Gasteiger partial charge in [-0.1, -0.05) is 48.5 Å². The molecule has 0 saturated carbocycles. The molecule has 0 saturated heterocycles. The molecule has 5 nitrogen and oxygen atoms in total. The Bertz CT molecular complexity index is 835. The summed E-state index contributed by atoms with van der Waals surface area (Å²) < 4.78 is 40.9. The van der Waals surface area contributed by atoms with Crippen LogP contribution in [0.4, 0.5) is 13.2 Å². The first kappa shape index (κ1) is 16.7. The van der Waals surface area contributed by atoms with Crippen LogP contribution in [0.15, 0.2) is 65.7 Å². The first-order valence-electron chi connectivity index (χ1n) is 7.24. The number of carbonyl (C=O) groups is 2. The summed E-state index contributed by atoms with van der Waals surface area (Å²) >= 11 is 0. The minimum atomic E-state index is -5.11. The summed E-state index contributed by atoms with van der Waals surface area (Å²) in [5, 5.41) is 3.84. The molecule has 2 amide bonds. The zero-order valence-corrected chi connectivity index (χ0v) is 12.7. The quantitative estimate of drug-likeness (QED) is 0.894. The summed E-state index contributed by atoms with van der Waals surface area (Å²) in [7, 11) is 0. The number of amidine groups is 1. The van der Waals surface area contributed by atoms with Crippen LogP contribution in [-0.4, -0.2) is 29.5 Å². The van der Waals surface area contributed by atoms with Crippen molar-refractivity contribution in [1.29, 1.82) is 0 Å².